The third-order valence-electron chi connectivity index (χ3n) is 5.92. The van der Waals surface area contributed by atoms with E-state index < -0.39 is 58.4 Å². The predicted molar refractivity (Wildman–Crippen MR) is 158 cm³/mol. The van der Waals surface area contributed by atoms with Crippen LogP contribution in [0.15, 0.2) is 23.3 Å². The van der Waals surface area contributed by atoms with Crippen LogP contribution in [0.1, 0.15) is 110 Å². The number of carbonyl (C=O) groups is 4. The molecule has 1 aliphatic rings. The van der Waals surface area contributed by atoms with Gasteiger partial charge in [0.15, 0.2) is 0 Å². The van der Waals surface area contributed by atoms with Crippen molar-refractivity contribution in [3.05, 3.63) is 23.3 Å². The Hall–Kier alpha value is -2.84. The molecule has 1 amide bonds. The number of rotatable bonds is 7. The summed E-state index contributed by atoms with van der Waals surface area (Å²) in [7, 11) is 0. The highest BCUT2D eigenvalue weighted by Gasteiger charge is 2.51. The molecule has 0 aromatic heterocycles. The van der Waals surface area contributed by atoms with Gasteiger partial charge in [-0.2, -0.15) is 0 Å². The van der Waals surface area contributed by atoms with Gasteiger partial charge in [0.25, 0.3) is 0 Å². The summed E-state index contributed by atoms with van der Waals surface area (Å²) < 4.78 is 22.4. The van der Waals surface area contributed by atoms with E-state index in [0.29, 0.717) is 12.0 Å². The minimum Gasteiger partial charge on any atom is -0.460 e. The lowest BCUT2D eigenvalue weighted by Crippen LogP contribution is -2.48. The monoisotopic (exact) mass is 579 g/mol. The number of likely N-dealkylation sites (tertiary alicyclic amines) is 1. The van der Waals surface area contributed by atoms with Gasteiger partial charge in [0.05, 0.1) is 6.42 Å². The van der Waals surface area contributed by atoms with Crippen LogP contribution in [0.4, 0.5) is 4.79 Å². The van der Waals surface area contributed by atoms with E-state index in [1.54, 1.807) is 75.3 Å². The van der Waals surface area contributed by atoms with Gasteiger partial charge in [-0.15, -0.1) is 0 Å². The summed E-state index contributed by atoms with van der Waals surface area (Å²) in [5.74, 6) is -2.44. The predicted octanol–water partition coefficient (Wildman–Crippen LogP) is 6.54. The number of ether oxygens (including phenoxy) is 4. The highest BCUT2D eigenvalue weighted by molar-refractivity contribution is 5.88. The van der Waals surface area contributed by atoms with Gasteiger partial charge in [0.1, 0.15) is 28.4 Å². The number of esters is 3. The molecule has 1 heterocycles. The molecule has 0 bridgehead atoms. The molecule has 0 spiro atoms. The van der Waals surface area contributed by atoms with Gasteiger partial charge in [-0.1, -0.05) is 17.7 Å². The normalized spacial score (nSPS) is 20.9. The molecular weight excluding hydrogens is 526 g/mol. The Balaban J connectivity index is 3.48. The molecule has 3 atom stereocenters. The van der Waals surface area contributed by atoms with Gasteiger partial charge < -0.3 is 18.9 Å². The van der Waals surface area contributed by atoms with E-state index in [9.17, 15) is 19.2 Å². The van der Waals surface area contributed by atoms with Crippen molar-refractivity contribution in [2.75, 3.05) is 6.54 Å². The number of carbonyl (C=O) groups excluding carboxylic acids is 4. The Labute approximate surface area is 247 Å². The van der Waals surface area contributed by atoms with Gasteiger partial charge in [-0.3, -0.25) is 9.69 Å². The minimum absolute atomic E-state index is 0.0941. The van der Waals surface area contributed by atoms with E-state index in [2.05, 4.69) is 0 Å². The largest absolute Gasteiger partial charge is 0.460 e. The number of allylic oxidation sites excluding steroid dienone is 2. The van der Waals surface area contributed by atoms with Crippen molar-refractivity contribution in [1.82, 2.24) is 4.90 Å². The number of amides is 1. The van der Waals surface area contributed by atoms with Crippen molar-refractivity contribution >= 4 is 24.0 Å². The highest BCUT2D eigenvalue weighted by Crippen LogP contribution is 2.39. The van der Waals surface area contributed by atoms with Gasteiger partial charge in [0, 0.05) is 24.0 Å². The fourth-order valence-electron chi connectivity index (χ4n) is 4.41. The van der Waals surface area contributed by atoms with E-state index in [0.717, 1.165) is 5.57 Å². The van der Waals surface area contributed by atoms with Crippen molar-refractivity contribution < 1.29 is 38.1 Å². The van der Waals surface area contributed by atoms with Crippen LogP contribution in [0.5, 0.6) is 0 Å². The fraction of sp³-hybridized carbons (Fsp3) is 0.750. The van der Waals surface area contributed by atoms with Crippen LogP contribution in [0.3, 0.4) is 0 Å². The summed E-state index contributed by atoms with van der Waals surface area (Å²) in [6.45, 7) is 25.0. The fourth-order valence-corrected chi connectivity index (χ4v) is 4.41. The number of hydrogen-bond acceptors (Lipinski definition) is 8. The molecule has 1 rings (SSSR count). The van der Waals surface area contributed by atoms with E-state index in [-0.39, 0.29) is 18.9 Å². The number of hydrogen-bond donors (Lipinski definition) is 0. The molecule has 234 valence electrons. The highest BCUT2D eigenvalue weighted by atomic mass is 16.6. The molecule has 0 aliphatic carbocycles. The summed E-state index contributed by atoms with van der Waals surface area (Å²) in [6.07, 6.45) is 3.38. The molecule has 1 aliphatic heterocycles. The first-order valence-electron chi connectivity index (χ1n) is 14.3. The third-order valence-corrected chi connectivity index (χ3v) is 5.92. The molecule has 0 radical (unpaired) electrons. The molecule has 0 aromatic carbocycles. The standard InChI is InChI=1S/C32H53NO8/c1-20(16-15-17-21(2)26(35)39-30(6,7)8)23-19-33(28(37)41-32(12,13)14)25(27(36)40-31(9,10)11)22(23)18-24(34)38-29(3,4)5/h16-17,22-23,25H,15,18-19H2,1-14H3/b20-16+,21-17+/t22-,23+,25-/m0/s1. The smallest absolute Gasteiger partial charge is 0.411 e. The van der Waals surface area contributed by atoms with Gasteiger partial charge in [-0.05, 0) is 103 Å². The van der Waals surface area contributed by atoms with E-state index in [1.807, 2.05) is 33.8 Å². The van der Waals surface area contributed by atoms with Gasteiger partial charge >= 0.3 is 24.0 Å². The van der Waals surface area contributed by atoms with Crippen molar-refractivity contribution in [1.29, 1.82) is 0 Å². The SMILES string of the molecule is C/C(=C\C/C=C(\C)[C@H]1CN(C(=O)OC(C)(C)C)[C@H](C(=O)OC(C)(C)C)[C@H]1CC(=O)OC(C)(C)C)C(=O)OC(C)(C)C. The lowest BCUT2D eigenvalue weighted by Gasteiger charge is -2.31. The summed E-state index contributed by atoms with van der Waals surface area (Å²) in [6, 6.07) is -1.05. The van der Waals surface area contributed by atoms with Crippen molar-refractivity contribution in [3.8, 4) is 0 Å². The van der Waals surface area contributed by atoms with Crippen LogP contribution in [-0.4, -0.2) is 63.9 Å². The molecule has 1 saturated heterocycles. The van der Waals surface area contributed by atoms with Crippen molar-refractivity contribution in [2.45, 2.75) is 138 Å². The lowest BCUT2D eigenvalue weighted by atomic mass is 9.82. The zero-order chi connectivity index (χ0) is 32.1. The Kier molecular flexibility index (Phi) is 11.8. The topological polar surface area (TPSA) is 108 Å². The molecule has 0 unspecified atom stereocenters. The maximum atomic E-state index is 13.6. The maximum absolute atomic E-state index is 13.6. The Bertz CT molecular complexity index is 1030. The van der Waals surface area contributed by atoms with Crippen LogP contribution in [0.25, 0.3) is 0 Å². The first-order valence-corrected chi connectivity index (χ1v) is 14.3. The maximum Gasteiger partial charge on any atom is 0.411 e. The molecular formula is C32H53NO8. The van der Waals surface area contributed by atoms with Crippen LogP contribution in [0, 0.1) is 11.8 Å². The minimum atomic E-state index is -1.05. The molecule has 0 saturated carbocycles. The summed E-state index contributed by atoms with van der Waals surface area (Å²) >= 11 is 0. The van der Waals surface area contributed by atoms with Gasteiger partial charge in [0.2, 0.25) is 0 Å². The quantitative estimate of drug-likeness (QED) is 0.145. The second-order valence-corrected chi connectivity index (χ2v) is 14.7. The molecule has 41 heavy (non-hydrogen) atoms. The zero-order valence-corrected chi connectivity index (χ0v) is 27.7. The Morgan fingerprint density at radius 2 is 1.20 bits per heavy atom. The Morgan fingerprint density at radius 1 is 0.707 bits per heavy atom. The lowest BCUT2D eigenvalue weighted by molar-refractivity contribution is -0.163. The van der Waals surface area contributed by atoms with Gasteiger partial charge in [-0.25, -0.2) is 14.4 Å². The average molecular weight is 580 g/mol. The van der Waals surface area contributed by atoms with Crippen LogP contribution in [0.2, 0.25) is 0 Å². The third kappa shape index (κ3) is 13.1. The zero-order valence-electron chi connectivity index (χ0n) is 27.7. The van der Waals surface area contributed by atoms with E-state index in [1.165, 1.54) is 4.90 Å². The van der Waals surface area contributed by atoms with Crippen molar-refractivity contribution in [3.63, 3.8) is 0 Å². The Morgan fingerprint density at radius 3 is 1.66 bits per heavy atom. The van der Waals surface area contributed by atoms with Crippen LogP contribution in [-0.2, 0) is 33.3 Å². The summed E-state index contributed by atoms with van der Waals surface area (Å²) in [5, 5.41) is 0. The first kappa shape index (κ1) is 36.2. The first-order chi connectivity index (χ1) is 18.3. The second-order valence-electron chi connectivity index (χ2n) is 14.7. The summed E-state index contributed by atoms with van der Waals surface area (Å²) in [5.41, 5.74) is -1.57. The average Bonchev–Trinajstić information content (AvgIpc) is 3.07. The van der Waals surface area contributed by atoms with Crippen LogP contribution >= 0.6 is 0 Å². The van der Waals surface area contributed by atoms with E-state index >= 15 is 0 Å². The van der Waals surface area contributed by atoms with Crippen LogP contribution < -0.4 is 0 Å². The second kappa shape index (κ2) is 13.4. The van der Waals surface area contributed by atoms with E-state index in [4.69, 9.17) is 18.9 Å². The molecule has 9 heteroatoms. The molecule has 1 fully saturated rings. The molecule has 0 aromatic rings. The summed E-state index contributed by atoms with van der Waals surface area (Å²) in [4.78, 5) is 53.7. The molecule has 9 nitrogen and oxygen atoms in total. The van der Waals surface area contributed by atoms with Crippen molar-refractivity contribution in [2.24, 2.45) is 11.8 Å². The number of nitrogens with zero attached hydrogens (tertiary/aromatic N) is 1. The molecule has 0 N–H and O–H groups in total.